The van der Waals surface area contributed by atoms with Crippen LogP contribution in [0, 0.1) is 0 Å². The van der Waals surface area contributed by atoms with Crippen LogP contribution in [0.15, 0.2) is 28.3 Å². The van der Waals surface area contributed by atoms with Crippen molar-refractivity contribution in [3.63, 3.8) is 0 Å². The van der Waals surface area contributed by atoms with Gasteiger partial charge in [0.1, 0.15) is 5.84 Å². The molecule has 0 atom stereocenters. The van der Waals surface area contributed by atoms with Gasteiger partial charge in [0, 0.05) is 25.8 Å². The summed E-state index contributed by atoms with van der Waals surface area (Å²) in [4.78, 5) is 16.0. The van der Waals surface area contributed by atoms with Gasteiger partial charge < -0.3 is 9.80 Å². The number of likely N-dealkylation sites (N-methyl/N-ethyl adjacent to an activating group) is 1. The van der Waals surface area contributed by atoms with Crippen LogP contribution in [0.4, 0.5) is 0 Å². The normalized spacial score (nSPS) is 19.6. The molecule has 116 valence electrons. The zero-order chi connectivity index (χ0) is 15.5. The first-order chi connectivity index (χ1) is 9.96. The third-order valence-corrected chi connectivity index (χ3v) is 4.69. The second-order valence-electron chi connectivity index (χ2n) is 5.09. The third-order valence-electron chi connectivity index (χ3n) is 3.52. The van der Waals surface area contributed by atoms with Crippen LogP contribution in [0.25, 0.3) is 0 Å². The Labute approximate surface area is 125 Å². The minimum Gasteiger partial charge on any atom is -0.339 e. The fraction of sp³-hybridized carbons (Fsp3) is 0.571. The number of rotatable bonds is 5. The predicted molar refractivity (Wildman–Crippen MR) is 82.3 cm³/mol. The number of carbonyl (C=O) groups is 1. The molecule has 0 aliphatic carbocycles. The fourth-order valence-electron chi connectivity index (χ4n) is 2.26. The number of amidine groups is 1. The summed E-state index contributed by atoms with van der Waals surface area (Å²) in [5.41, 5.74) is 0.575. The van der Waals surface area contributed by atoms with E-state index < -0.39 is 10.0 Å². The largest absolute Gasteiger partial charge is 0.339 e. The molecular weight excluding hydrogens is 290 g/mol. The van der Waals surface area contributed by atoms with E-state index in [0.717, 1.165) is 19.4 Å². The van der Waals surface area contributed by atoms with Crippen LogP contribution in [-0.4, -0.2) is 55.3 Å². The maximum absolute atomic E-state index is 12.5. The summed E-state index contributed by atoms with van der Waals surface area (Å²) in [6.45, 7) is 5.80. The molecule has 1 amide bonds. The van der Waals surface area contributed by atoms with Crippen molar-refractivity contribution in [3.8, 4) is 0 Å². The zero-order valence-electron chi connectivity index (χ0n) is 12.4. The minimum atomic E-state index is -3.35. The summed E-state index contributed by atoms with van der Waals surface area (Å²) in [6.07, 6.45) is 6.96. The van der Waals surface area contributed by atoms with Crippen molar-refractivity contribution in [2.45, 2.75) is 26.7 Å². The monoisotopic (exact) mass is 311 g/mol. The van der Waals surface area contributed by atoms with Crippen LogP contribution < -0.4 is 0 Å². The molecule has 0 spiro atoms. The number of fused-ring (bicyclic) bond motifs is 1. The van der Waals surface area contributed by atoms with E-state index in [0.29, 0.717) is 24.5 Å². The lowest BCUT2D eigenvalue weighted by molar-refractivity contribution is -0.126. The highest BCUT2D eigenvalue weighted by Gasteiger charge is 2.26. The third kappa shape index (κ3) is 3.72. The number of hydrogen-bond donors (Lipinski definition) is 0. The molecule has 7 heteroatoms. The molecular formula is C14H21N3O3S. The van der Waals surface area contributed by atoms with Crippen LogP contribution >= 0.6 is 0 Å². The Morgan fingerprint density at radius 3 is 2.81 bits per heavy atom. The highest BCUT2D eigenvalue weighted by Crippen LogP contribution is 2.17. The van der Waals surface area contributed by atoms with Crippen molar-refractivity contribution in [1.29, 1.82) is 0 Å². The van der Waals surface area contributed by atoms with Crippen LogP contribution in [-0.2, 0) is 14.8 Å². The van der Waals surface area contributed by atoms with Crippen molar-refractivity contribution < 1.29 is 13.2 Å². The van der Waals surface area contributed by atoms with Gasteiger partial charge in [-0.25, -0.2) is 8.42 Å². The average molecular weight is 311 g/mol. The van der Waals surface area contributed by atoms with Gasteiger partial charge in [-0.05, 0) is 25.5 Å². The fourth-order valence-corrected chi connectivity index (χ4v) is 3.23. The molecule has 2 aliphatic heterocycles. The summed E-state index contributed by atoms with van der Waals surface area (Å²) < 4.78 is 26.6. The number of unbranched alkanes of at least 4 members (excludes halogenated alkanes) is 1. The smallest absolute Gasteiger partial charge is 0.256 e. The SMILES string of the molecule is CCCCN(CC)C(=O)C1=CN2CCS(=O)(=O)N=C2C=C1. The molecule has 6 nitrogen and oxygen atoms in total. The van der Waals surface area contributed by atoms with Gasteiger partial charge in [-0.3, -0.25) is 4.79 Å². The number of carbonyl (C=O) groups excluding carboxylic acids is 1. The topological polar surface area (TPSA) is 70.1 Å². The van der Waals surface area contributed by atoms with E-state index in [-0.39, 0.29) is 11.7 Å². The summed E-state index contributed by atoms with van der Waals surface area (Å²) in [5, 5.41) is 0. The maximum Gasteiger partial charge on any atom is 0.256 e. The minimum absolute atomic E-state index is 0.0182. The molecule has 21 heavy (non-hydrogen) atoms. The van der Waals surface area contributed by atoms with Gasteiger partial charge in [-0.1, -0.05) is 13.3 Å². The van der Waals surface area contributed by atoms with E-state index >= 15 is 0 Å². The highest BCUT2D eigenvalue weighted by molar-refractivity contribution is 7.90. The van der Waals surface area contributed by atoms with Gasteiger partial charge in [-0.15, -0.1) is 4.40 Å². The molecule has 0 aromatic carbocycles. The molecule has 2 rings (SSSR count). The van der Waals surface area contributed by atoms with Gasteiger partial charge in [0.05, 0.1) is 11.3 Å². The standard InChI is InChI=1S/C14H21N3O3S/c1-3-5-8-16(4-2)14(18)12-6-7-13-15-21(19,20)10-9-17(13)11-12/h6-7,11H,3-5,8-10H2,1-2H3. The molecule has 0 saturated heterocycles. The molecule has 0 fully saturated rings. The van der Waals surface area contributed by atoms with E-state index in [1.807, 2.05) is 11.8 Å². The molecule has 2 heterocycles. The van der Waals surface area contributed by atoms with E-state index in [2.05, 4.69) is 11.3 Å². The summed E-state index contributed by atoms with van der Waals surface area (Å²) >= 11 is 0. The molecule has 0 aromatic heterocycles. The Kier molecular flexibility index (Phi) is 4.82. The van der Waals surface area contributed by atoms with Gasteiger partial charge in [-0.2, -0.15) is 0 Å². The van der Waals surface area contributed by atoms with Crippen molar-refractivity contribution in [1.82, 2.24) is 9.80 Å². The van der Waals surface area contributed by atoms with Crippen LogP contribution in [0.5, 0.6) is 0 Å². The highest BCUT2D eigenvalue weighted by atomic mass is 32.2. The van der Waals surface area contributed by atoms with Gasteiger partial charge in [0.25, 0.3) is 15.9 Å². The summed E-state index contributed by atoms with van der Waals surface area (Å²) in [6, 6.07) is 0. The molecule has 0 saturated carbocycles. The van der Waals surface area contributed by atoms with Gasteiger partial charge in [0.2, 0.25) is 0 Å². The van der Waals surface area contributed by atoms with E-state index in [4.69, 9.17) is 0 Å². The zero-order valence-corrected chi connectivity index (χ0v) is 13.3. The lowest BCUT2D eigenvalue weighted by Crippen LogP contribution is -2.39. The Hall–Kier alpha value is -1.63. The van der Waals surface area contributed by atoms with E-state index in [9.17, 15) is 13.2 Å². The first kappa shape index (κ1) is 15.8. The van der Waals surface area contributed by atoms with Crippen LogP contribution in [0.3, 0.4) is 0 Å². The Balaban J connectivity index is 2.15. The first-order valence-electron chi connectivity index (χ1n) is 7.25. The first-order valence-corrected chi connectivity index (χ1v) is 8.86. The lowest BCUT2D eigenvalue weighted by atomic mass is 10.1. The second-order valence-corrected chi connectivity index (χ2v) is 6.84. The molecule has 0 bridgehead atoms. The van der Waals surface area contributed by atoms with Gasteiger partial charge in [0.15, 0.2) is 0 Å². The van der Waals surface area contributed by atoms with Crippen molar-refractivity contribution >= 4 is 21.8 Å². The number of nitrogens with zero attached hydrogens (tertiary/aromatic N) is 3. The Morgan fingerprint density at radius 2 is 2.14 bits per heavy atom. The Bertz CT molecular complexity index is 605. The Morgan fingerprint density at radius 1 is 1.38 bits per heavy atom. The van der Waals surface area contributed by atoms with E-state index in [1.165, 1.54) is 0 Å². The molecule has 0 radical (unpaired) electrons. The predicted octanol–water partition coefficient (Wildman–Crippen LogP) is 1.13. The van der Waals surface area contributed by atoms with Crippen molar-refractivity contribution in [2.75, 3.05) is 25.4 Å². The molecule has 0 N–H and O–H groups in total. The molecule has 0 unspecified atom stereocenters. The number of hydrogen-bond acceptors (Lipinski definition) is 4. The maximum atomic E-state index is 12.5. The van der Waals surface area contributed by atoms with Crippen molar-refractivity contribution in [3.05, 3.63) is 23.9 Å². The molecule has 0 aromatic rings. The van der Waals surface area contributed by atoms with Crippen LogP contribution in [0.2, 0.25) is 0 Å². The number of amides is 1. The second kappa shape index (κ2) is 6.43. The molecule has 2 aliphatic rings. The lowest BCUT2D eigenvalue weighted by Gasteiger charge is -2.28. The van der Waals surface area contributed by atoms with Crippen molar-refractivity contribution in [2.24, 2.45) is 4.40 Å². The number of sulfonamides is 1. The van der Waals surface area contributed by atoms with Crippen LogP contribution in [0.1, 0.15) is 26.7 Å². The van der Waals surface area contributed by atoms with Gasteiger partial charge >= 0.3 is 0 Å². The summed E-state index contributed by atoms with van der Waals surface area (Å²) in [7, 11) is -3.35. The quantitative estimate of drug-likeness (QED) is 0.763. The average Bonchev–Trinajstić information content (AvgIpc) is 2.46. The van der Waals surface area contributed by atoms with E-state index in [1.54, 1.807) is 23.3 Å². The summed E-state index contributed by atoms with van der Waals surface area (Å²) in [5.74, 6) is 0.347.